The lowest BCUT2D eigenvalue weighted by atomic mass is 10.1. The van der Waals surface area contributed by atoms with Crippen LogP contribution in [0.2, 0.25) is 0 Å². The highest BCUT2D eigenvalue weighted by molar-refractivity contribution is 14.0. The van der Waals surface area contributed by atoms with Gasteiger partial charge >= 0.3 is 0 Å². The van der Waals surface area contributed by atoms with Crippen molar-refractivity contribution < 1.29 is 4.74 Å². The molecule has 132 valence electrons. The normalized spacial score (nSPS) is 11.0. The van der Waals surface area contributed by atoms with Gasteiger partial charge in [0.1, 0.15) is 0 Å². The fraction of sp³-hybridized carbons (Fsp3) is 0.588. The summed E-state index contributed by atoms with van der Waals surface area (Å²) in [6, 6.07) is 6.54. The van der Waals surface area contributed by atoms with Crippen molar-refractivity contribution >= 4 is 41.7 Å². The van der Waals surface area contributed by atoms with Crippen molar-refractivity contribution in [2.24, 2.45) is 4.99 Å². The van der Waals surface area contributed by atoms with Gasteiger partial charge in [-0.1, -0.05) is 25.5 Å². The maximum Gasteiger partial charge on any atom is 0.191 e. The number of unbranched alkanes of at least 4 members (excludes halogenated alkanes) is 1. The Morgan fingerprint density at radius 2 is 2.04 bits per heavy atom. The maximum atomic E-state index is 5.53. The number of guanidine groups is 1. The van der Waals surface area contributed by atoms with E-state index < -0.39 is 0 Å². The summed E-state index contributed by atoms with van der Waals surface area (Å²) in [7, 11) is 1.79. The number of nitrogens with one attached hydrogen (secondary N) is 2. The average molecular weight is 451 g/mol. The molecule has 1 aromatic carbocycles. The van der Waals surface area contributed by atoms with Gasteiger partial charge in [-0.15, -0.1) is 35.7 Å². The van der Waals surface area contributed by atoms with Crippen LogP contribution in [0.5, 0.6) is 0 Å². The van der Waals surface area contributed by atoms with Crippen LogP contribution in [0.3, 0.4) is 0 Å². The molecule has 0 aliphatic rings. The zero-order chi connectivity index (χ0) is 16.2. The predicted molar refractivity (Wildman–Crippen MR) is 112 cm³/mol. The van der Waals surface area contributed by atoms with Crippen LogP contribution >= 0.6 is 35.7 Å². The molecule has 0 unspecified atom stereocenters. The van der Waals surface area contributed by atoms with Crippen molar-refractivity contribution in [3.63, 3.8) is 0 Å². The second-order valence-electron chi connectivity index (χ2n) is 5.13. The summed E-state index contributed by atoms with van der Waals surface area (Å²) in [4.78, 5) is 5.55. The van der Waals surface area contributed by atoms with E-state index in [2.05, 4.69) is 53.9 Å². The van der Waals surface area contributed by atoms with Crippen LogP contribution in [0.25, 0.3) is 0 Å². The summed E-state index contributed by atoms with van der Waals surface area (Å²) in [5.74, 6) is 0.812. The highest BCUT2D eigenvalue weighted by Gasteiger charge is 2.03. The Hall–Kier alpha value is -0.470. The summed E-state index contributed by atoms with van der Waals surface area (Å²) in [5.41, 5.74) is 2.58. The van der Waals surface area contributed by atoms with Gasteiger partial charge in [0.2, 0.25) is 0 Å². The minimum absolute atomic E-state index is 0. The van der Waals surface area contributed by atoms with E-state index in [1.807, 2.05) is 0 Å². The molecule has 0 spiro atoms. The molecule has 0 aromatic heterocycles. The van der Waals surface area contributed by atoms with E-state index in [9.17, 15) is 0 Å². The number of benzene rings is 1. The van der Waals surface area contributed by atoms with E-state index in [4.69, 9.17) is 4.74 Å². The molecule has 6 heteroatoms. The molecule has 0 saturated heterocycles. The lowest BCUT2D eigenvalue weighted by molar-refractivity contribution is 0.136. The van der Waals surface area contributed by atoms with Gasteiger partial charge in [-0.3, -0.25) is 4.99 Å². The first-order valence-corrected chi connectivity index (χ1v) is 9.09. The molecule has 1 rings (SSSR count). The summed E-state index contributed by atoms with van der Waals surface area (Å²) in [5, 5.41) is 6.62. The first-order chi connectivity index (χ1) is 10.7. The third kappa shape index (κ3) is 9.42. The first-order valence-electron chi connectivity index (χ1n) is 7.87. The molecule has 23 heavy (non-hydrogen) atoms. The number of rotatable bonds is 9. The van der Waals surface area contributed by atoms with Crippen LogP contribution in [0, 0.1) is 6.92 Å². The number of halogens is 1. The van der Waals surface area contributed by atoms with Crippen LogP contribution in [0.1, 0.15) is 30.9 Å². The van der Waals surface area contributed by atoms with E-state index >= 15 is 0 Å². The summed E-state index contributed by atoms with van der Waals surface area (Å²) in [6.07, 6.45) is 4.40. The Morgan fingerprint density at radius 1 is 1.26 bits per heavy atom. The van der Waals surface area contributed by atoms with Gasteiger partial charge in [0.05, 0.1) is 6.61 Å². The molecular weight excluding hydrogens is 421 g/mol. The smallest absolute Gasteiger partial charge is 0.191 e. The molecule has 0 bridgehead atoms. The van der Waals surface area contributed by atoms with Crippen LogP contribution in [0.15, 0.2) is 28.1 Å². The number of thioether (sulfide) groups is 1. The van der Waals surface area contributed by atoms with Crippen LogP contribution < -0.4 is 10.6 Å². The van der Waals surface area contributed by atoms with E-state index in [1.54, 1.807) is 18.8 Å². The number of hydrogen-bond donors (Lipinski definition) is 2. The van der Waals surface area contributed by atoms with Crippen molar-refractivity contribution in [1.29, 1.82) is 0 Å². The Kier molecular flexibility index (Phi) is 13.6. The van der Waals surface area contributed by atoms with Gasteiger partial charge in [-0.2, -0.15) is 0 Å². The van der Waals surface area contributed by atoms with Gasteiger partial charge in [0, 0.05) is 31.6 Å². The van der Waals surface area contributed by atoms with Crippen molar-refractivity contribution in [2.45, 2.75) is 38.1 Å². The topological polar surface area (TPSA) is 45.6 Å². The third-order valence-corrected chi connectivity index (χ3v) is 4.11. The Labute approximate surface area is 162 Å². The maximum absolute atomic E-state index is 5.53. The highest BCUT2D eigenvalue weighted by Crippen LogP contribution is 2.21. The lowest BCUT2D eigenvalue weighted by Crippen LogP contribution is -2.38. The van der Waals surface area contributed by atoms with Crippen molar-refractivity contribution in [3.05, 3.63) is 29.3 Å². The predicted octanol–water partition coefficient (Wildman–Crippen LogP) is 3.82. The molecule has 0 fully saturated rings. The standard InChI is InChI=1S/C17H29N3OS.HI/c1-5-6-10-21-11-9-19-17(18-3)20-13-15-8-7-14(2)12-16(15)22-4;/h7-8,12H,5-6,9-11,13H2,1-4H3,(H2,18,19,20);1H. The second kappa shape index (κ2) is 13.9. The molecule has 4 nitrogen and oxygen atoms in total. The molecule has 0 aliphatic carbocycles. The van der Waals surface area contributed by atoms with Crippen LogP contribution in [-0.4, -0.2) is 39.0 Å². The Balaban J connectivity index is 0.00000484. The number of nitrogens with zero attached hydrogens (tertiary/aromatic N) is 1. The van der Waals surface area contributed by atoms with Crippen molar-refractivity contribution in [3.8, 4) is 0 Å². The SMILES string of the molecule is CCCCOCCNC(=NC)NCc1ccc(C)cc1SC.I. The van der Waals surface area contributed by atoms with Crippen molar-refractivity contribution in [2.75, 3.05) is 33.1 Å². The van der Waals surface area contributed by atoms with Crippen LogP contribution in [-0.2, 0) is 11.3 Å². The molecule has 1 aromatic rings. The van der Waals surface area contributed by atoms with E-state index in [-0.39, 0.29) is 24.0 Å². The zero-order valence-corrected chi connectivity index (χ0v) is 17.8. The monoisotopic (exact) mass is 451 g/mol. The second-order valence-corrected chi connectivity index (χ2v) is 5.98. The third-order valence-electron chi connectivity index (χ3n) is 3.29. The fourth-order valence-corrected chi connectivity index (χ4v) is 2.69. The highest BCUT2D eigenvalue weighted by atomic mass is 127. The van der Waals surface area contributed by atoms with Gasteiger partial charge in [0.25, 0.3) is 0 Å². The number of aliphatic imine (C=N–C) groups is 1. The molecular formula is C17H30IN3OS. The van der Waals surface area contributed by atoms with Gasteiger partial charge in [-0.25, -0.2) is 0 Å². The molecule has 0 aliphatic heterocycles. The molecule has 0 heterocycles. The Bertz CT molecular complexity index is 469. The minimum atomic E-state index is 0. The summed E-state index contributed by atoms with van der Waals surface area (Å²) < 4.78 is 5.53. The van der Waals surface area contributed by atoms with E-state index in [0.29, 0.717) is 6.61 Å². The van der Waals surface area contributed by atoms with Gasteiger partial charge < -0.3 is 15.4 Å². The van der Waals surface area contributed by atoms with Crippen LogP contribution in [0.4, 0.5) is 0 Å². The van der Waals surface area contributed by atoms with Gasteiger partial charge in [-0.05, 0) is 36.8 Å². The molecule has 0 amide bonds. The zero-order valence-electron chi connectivity index (χ0n) is 14.6. The summed E-state index contributed by atoms with van der Waals surface area (Å²) in [6.45, 7) is 7.38. The quantitative estimate of drug-likeness (QED) is 0.197. The van der Waals surface area contributed by atoms with Crippen molar-refractivity contribution in [1.82, 2.24) is 10.6 Å². The number of ether oxygens (including phenoxy) is 1. The number of aryl methyl sites for hydroxylation is 1. The molecule has 0 atom stereocenters. The number of hydrogen-bond acceptors (Lipinski definition) is 3. The van der Waals surface area contributed by atoms with Gasteiger partial charge in [0.15, 0.2) is 5.96 Å². The summed E-state index contributed by atoms with van der Waals surface area (Å²) >= 11 is 1.78. The molecule has 0 radical (unpaired) electrons. The molecule has 0 saturated carbocycles. The largest absolute Gasteiger partial charge is 0.380 e. The average Bonchev–Trinajstić information content (AvgIpc) is 2.54. The first kappa shape index (κ1) is 22.5. The molecule has 2 N–H and O–H groups in total. The Morgan fingerprint density at radius 3 is 2.70 bits per heavy atom. The fourth-order valence-electron chi connectivity index (χ4n) is 1.99. The van der Waals surface area contributed by atoms with E-state index in [1.165, 1.54) is 22.4 Å². The lowest BCUT2D eigenvalue weighted by Gasteiger charge is -2.14. The minimum Gasteiger partial charge on any atom is -0.380 e. The van der Waals surface area contributed by atoms with E-state index in [0.717, 1.165) is 32.1 Å².